The van der Waals surface area contributed by atoms with Crippen LogP contribution in [0.4, 0.5) is 0 Å². The Hall–Kier alpha value is -0.560. The molecule has 2 atom stereocenters. The zero-order valence-electron chi connectivity index (χ0n) is 12.6. The van der Waals surface area contributed by atoms with E-state index in [1.807, 2.05) is 0 Å². The smallest absolute Gasteiger partial charge is 0.0557 e. The molecule has 1 aliphatic carbocycles. The van der Waals surface area contributed by atoms with E-state index in [0.29, 0.717) is 5.92 Å². The molecule has 0 aromatic heterocycles. The second-order valence-corrected chi connectivity index (χ2v) is 7.28. The van der Waals surface area contributed by atoms with Gasteiger partial charge < -0.3 is 5.73 Å². The van der Waals surface area contributed by atoms with Crippen LogP contribution in [-0.4, -0.2) is 5.54 Å². The van der Waals surface area contributed by atoms with Crippen LogP contribution in [0.3, 0.4) is 0 Å². The maximum Gasteiger partial charge on any atom is 0.0557 e. The molecule has 17 heavy (non-hydrogen) atoms. The fourth-order valence-electron chi connectivity index (χ4n) is 4.00. The summed E-state index contributed by atoms with van der Waals surface area (Å²) in [5.74, 6) is 0.505. The highest BCUT2D eigenvalue weighted by Crippen LogP contribution is 2.54. The van der Waals surface area contributed by atoms with E-state index in [1.54, 1.807) is 0 Å². The minimum Gasteiger partial charge on any atom is -0.318 e. The molecule has 1 heteroatoms. The monoisotopic (exact) mass is 235 g/mol. The standard InChI is InChI=1S/C16H29N/c1-9-16(17)10-11(2)13(14(4,5)6)15(7,8)12(16)3/h10,13H,3,9,17H2,1-2,4-8H3. The highest BCUT2D eigenvalue weighted by Gasteiger charge is 2.48. The minimum atomic E-state index is -0.324. The third kappa shape index (κ3) is 2.22. The van der Waals surface area contributed by atoms with Crippen molar-refractivity contribution in [3.05, 3.63) is 23.8 Å². The van der Waals surface area contributed by atoms with Gasteiger partial charge in [0.1, 0.15) is 0 Å². The Labute approximate surface area is 107 Å². The average Bonchev–Trinajstić information content (AvgIpc) is 2.11. The first kappa shape index (κ1) is 14.5. The largest absolute Gasteiger partial charge is 0.318 e. The number of rotatable bonds is 1. The van der Waals surface area contributed by atoms with E-state index in [0.717, 1.165) is 6.42 Å². The molecule has 0 saturated heterocycles. The predicted molar refractivity (Wildman–Crippen MR) is 76.8 cm³/mol. The van der Waals surface area contributed by atoms with Crippen molar-refractivity contribution >= 4 is 0 Å². The second-order valence-electron chi connectivity index (χ2n) is 7.28. The van der Waals surface area contributed by atoms with Crippen LogP contribution in [0.25, 0.3) is 0 Å². The van der Waals surface area contributed by atoms with Crippen LogP contribution in [0.1, 0.15) is 54.9 Å². The lowest BCUT2D eigenvalue weighted by Crippen LogP contribution is -2.52. The van der Waals surface area contributed by atoms with E-state index in [2.05, 4.69) is 61.1 Å². The van der Waals surface area contributed by atoms with Crippen molar-refractivity contribution in [1.29, 1.82) is 0 Å². The summed E-state index contributed by atoms with van der Waals surface area (Å²) in [6.07, 6.45) is 3.17. The van der Waals surface area contributed by atoms with E-state index in [-0.39, 0.29) is 16.4 Å². The molecule has 0 spiro atoms. The number of hydrogen-bond donors (Lipinski definition) is 1. The predicted octanol–water partition coefficient (Wildman–Crippen LogP) is 4.30. The fraction of sp³-hybridized carbons (Fsp3) is 0.750. The maximum atomic E-state index is 6.50. The first-order chi connectivity index (χ1) is 7.47. The number of hydrogen-bond acceptors (Lipinski definition) is 1. The van der Waals surface area contributed by atoms with Crippen molar-refractivity contribution in [2.75, 3.05) is 0 Å². The van der Waals surface area contributed by atoms with Gasteiger partial charge in [-0.1, -0.05) is 59.8 Å². The Bertz CT molecular complexity index is 354. The summed E-state index contributed by atoms with van der Waals surface area (Å²) in [6.45, 7) is 20.2. The molecule has 1 aliphatic rings. The normalized spacial score (nSPS) is 33.5. The van der Waals surface area contributed by atoms with Crippen molar-refractivity contribution in [2.45, 2.75) is 60.4 Å². The molecule has 0 saturated carbocycles. The molecule has 0 heterocycles. The van der Waals surface area contributed by atoms with Gasteiger partial charge in [-0.05, 0) is 35.7 Å². The first-order valence-corrected chi connectivity index (χ1v) is 6.65. The van der Waals surface area contributed by atoms with Crippen LogP contribution in [0.5, 0.6) is 0 Å². The van der Waals surface area contributed by atoms with Crippen LogP contribution in [0.15, 0.2) is 23.8 Å². The lowest BCUT2D eigenvalue weighted by Gasteiger charge is -2.52. The van der Waals surface area contributed by atoms with Crippen LogP contribution < -0.4 is 5.73 Å². The summed E-state index contributed by atoms with van der Waals surface area (Å²) in [7, 11) is 0. The summed E-state index contributed by atoms with van der Waals surface area (Å²) in [5, 5.41) is 0. The molecule has 2 unspecified atom stereocenters. The van der Waals surface area contributed by atoms with Crippen molar-refractivity contribution in [3.8, 4) is 0 Å². The van der Waals surface area contributed by atoms with Crippen LogP contribution in [-0.2, 0) is 0 Å². The van der Waals surface area contributed by atoms with E-state index >= 15 is 0 Å². The topological polar surface area (TPSA) is 26.0 Å². The highest BCUT2D eigenvalue weighted by atomic mass is 14.8. The van der Waals surface area contributed by atoms with E-state index in [4.69, 9.17) is 5.73 Å². The van der Waals surface area contributed by atoms with E-state index in [1.165, 1.54) is 11.1 Å². The van der Waals surface area contributed by atoms with Gasteiger partial charge in [-0.2, -0.15) is 0 Å². The lowest BCUT2D eigenvalue weighted by atomic mass is 9.53. The van der Waals surface area contributed by atoms with Gasteiger partial charge in [0.25, 0.3) is 0 Å². The fourth-order valence-corrected chi connectivity index (χ4v) is 4.00. The van der Waals surface area contributed by atoms with Crippen LogP contribution in [0.2, 0.25) is 0 Å². The van der Waals surface area contributed by atoms with Gasteiger partial charge in [0, 0.05) is 0 Å². The van der Waals surface area contributed by atoms with Crippen LogP contribution >= 0.6 is 0 Å². The maximum absolute atomic E-state index is 6.50. The molecule has 0 bridgehead atoms. The number of allylic oxidation sites excluding steroid dienone is 1. The zero-order chi connectivity index (χ0) is 13.6. The summed E-state index contributed by atoms with van der Waals surface area (Å²) in [4.78, 5) is 0. The molecule has 2 N–H and O–H groups in total. The van der Waals surface area contributed by atoms with Crippen molar-refractivity contribution < 1.29 is 0 Å². The molecule has 0 aromatic rings. The Morgan fingerprint density at radius 2 is 1.82 bits per heavy atom. The van der Waals surface area contributed by atoms with Gasteiger partial charge in [-0.25, -0.2) is 0 Å². The third-order valence-corrected chi connectivity index (χ3v) is 4.45. The van der Waals surface area contributed by atoms with Gasteiger partial charge in [0.05, 0.1) is 5.54 Å². The minimum absolute atomic E-state index is 0.0574. The van der Waals surface area contributed by atoms with Crippen molar-refractivity contribution in [2.24, 2.45) is 22.5 Å². The average molecular weight is 235 g/mol. The van der Waals surface area contributed by atoms with Gasteiger partial charge >= 0.3 is 0 Å². The second kappa shape index (κ2) is 3.98. The Balaban J connectivity index is 3.40. The van der Waals surface area contributed by atoms with Crippen molar-refractivity contribution in [3.63, 3.8) is 0 Å². The van der Waals surface area contributed by atoms with Gasteiger partial charge in [0.2, 0.25) is 0 Å². The Kier molecular flexibility index (Phi) is 3.40. The lowest BCUT2D eigenvalue weighted by molar-refractivity contribution is 0.129. The molecule has 1 nitrogen and oxygen atoms in total. The van der Waals surface area contributed by atoms with Crippen LogP contribution in [0, 0.1) is 16.7 Å². The molecule has 0 radical (unpaired) electrons. The SMILES string of the molecule is C=C1C(N)(CC)C=C(C)C(C(C)(C)C)C1(C)C. The number of nitrogens with two attached hydrogens (primary N) is 1. The third-order valence-electron chi connectivity index (χ3n) is 4.45. The molecule has 0 amide bonds. The molecule has 0 aromatic carbocycles. The molecule has 0 fully saturated rings. The highest BCUT2D eigenvalue weighted by molar-refractivity contribution is 5.40. The zero-order valence-corrected chi connectivity index (χ0v) is 12.6. The Morgan fingerprint density at radius 1 is 1.35 bits per heavy atom. The van der Waals surface area contributed by atoms with E-state index in [9.17, 15) is 0 Å². The molecule has 0 aliphatic heterocycles. The van der Waals surface area contributed by atoms with Crippen molar-refractivity contribution in [1.82, 2.24) is 0 Å². The first-order valence-electron chi connectivity index (χ1n) is 6.65. The Morgan fingerprint density at radius 3 is 2.18 bits per heavy atom. The molecule has 98 valence electrons. The quantitative estimate of drug-likeness (QED) is 0.674. The molecular formula is C16H29N. The summed E-state index contributed by atoms with van der Waals surface area (Å²) >= 11 is 0. The van der Waals surface area contributed by atoms with Gasteiger partial charge in [-0.15, -0.1) is 0 Å². The van der Waals surface area contributed by atoms with Gasteiger partial charge in [-0.3, -0.25) is 0 Å². The van der Waals surface area contributed by atoms with E-state index < -0.39 is 0 Å². The van der Waals surface area contributed by atoms with Gasteiger partial charge in [0.15, 0.2) is 0 Å². The molecule has 1 rings (SSSR count). The summed E-state index contributed by atoms with van der Waals surface area (Å²) < 4.78 is 0. The molecular weight excluding hydrogens is 206 g/mol. The summed E-state index contributed by atoms with van der Waals surface area (Å²) in [5.41, 5.74) is 9.06. The summed E-state index contributed by atoms with van der Waals surface area (Å²) in [6, 6.07) is 0.